The Morgan fingerprint density at radius 1 is 1.00 bits per heavy atom. The number of hydrogen-bond donors (Lipinski definition) is 1. The zero-order valence-electron chi connectivity index (χ0n) is 10.4. The number of hydrogen-bond acceptors (Lipinski definition) is 2. The van der Waals surface area contributed by atoms with Crippen LogP contribution in [0.2, 0.25) is 0 Å². The van der Waals surface area contributed by atoms with E-state index in [4.69, 9.17) is 11.6 Å². The van der Waals surface area contributed by atoms with E-state index in [1.54, 1.807) is 0 Å². The van der Waals surface area contributed by atoms with Crippen molar-refractivity contribution in [2.45, 2.75) is 13.8 Å². The number of rotatable bonds is 3. The Kier molecular flexibility index (Phi) is 4.00. The molecule has 2 rings (SSSR count). The molecular weight excluding hydrogens is 244 g/mol. The quantitative estimate of drug-likeness (QED) is 0.644. The fourth-order valence-electron chi connectivity index (χ4n) is 1.78. The van der Waals surface area contributed by atoms with Crippen LogP contribution in [0.25, 0.3) is 0 Å². The highest BCUT2D eigenvalue weighted by atomic mass is 35.5. The second-order valence-electron chi connectivity index (χ2n) is 4.26. The van der Waals surface area contributed by atoms with Gasteiger partial charge in [-0.15, -0.1) is 0 Å². The lowest BCUT2D eigenvalue weighted by atomic mass is 10.1. The fraction of sp³-hybridized carbons (Fsp3) is 0.133. The van der Waals surface area contributed by atoms with E-state index in [1.807, 2.05) is 56.3 Å². The number of halogens is 1. The molecule has 0 bridgehead atoms. The number of nitrogens with zero attached hydrogens (tertiary/aromatic N) is 1. The fourth-order valence-corrected chi connectivity index (χ4v) is 1.94. The Morgan fingerprint density at radius 3 is 2.22 bits per heavy atom. The van der Waals surface area contributed by atoms with Crippen molar-refractivity contribution in [2.75, 3.05) is 5.43 Å². The standard InChI is InChI=1S/C15H15ClN2/c1-11-8-12(2)10-13(9-11)15(16)18-17-14-6-4-3-5-7-14/h3-10,17H,1-2H3. The third-order valence-electron chi connectivity index (χ3n) is 2.52. The van der Waals surface area contributed by atoms with Crippen LogP contribution in [0.1, 0.15) is 16.7 Å². The summed E-state index contributed by atoms with van der Waals surface area (Å²) in [7, 11) is 0. The molecule has 0 fully saturated rings. The third-order valence-corrected chi connectivity index (χ3v) is 2.82. The zero-order chi connectivity index (χ0) is 13.0. The van der Waals surface area contributed by atoms with Crippen LogP contribution < -0.4 is 5.43 Å². The Balaban J connectivity index is 2.18. The maximum atomic E-state index is 6.19. The van der Waals surface area contributed by atoms with Crippen molar-refractivity contribution in [1.82, 2.24) is 0 Å². The van der Waals surface area contributed by atoms with Crippen LogP contribution in [0.4, 0.5) is 5.69 Å². The maximum Gasteiger partial charge on any atom is 0.156 e. The topological polar surface area (TPSA) is 24.4 Å². The smallest absolute Gasteiger partial charge is 0.156 e. The van der Waals surface area contributed by atoms with Gasteiger partial charge in [-0.3, -0.25) is 5.43 Å². The van der Waals surface area contributed by atoms with Crippen LogP contribution in [0, 0.1) is 13.8 Å². The SMILES string of the molecule is Cc1cc(C)cc(C(Cl)=NNc2ccccc2)c1. The van der Waals surface area contributed by atoms with Crippen molar-refractivity contribution >= 4 is 22.5 Å². The lowest BCUT2D eigenvalue weighted by Gasteiger charge is -2.04. The molecular formula is C15H15ClN2. The van der Waals surface area contributed by atoms with E-state index in [9.17, 15) is 0 Å². The van der Waals surface area contributed by atoms with E-state index in [0.717, 1.165) is 11.3 Å². The number of aryl methyl sites for hydroxylation is 2. The highest BCUT2D eigenvalue weighted by Gasteiger charge is 2.01. The molecule has 0 aliphatic carbocycles. The van der Waals surface area contributed by atoms with Gasteiger partial charge in [0.25, 0.3) is 0 Å². The molecule has 0 radical (unpaired) electrons. The van der Waals surface area contributed by atoms with Crippen LogP contribution in [0.15, 0.2) is 53.6 Å². The second-order valence-corrected chi connectivity index (χ2v) is 4.61. The van der Waals surface area contributed by atoms with Gasteiger partial charge in [-0.05, 0) is 38.1 Å². The average molecular weight is 259 g/mol. The average Bonchev–Trinajstić information content (AvgIpc) is 2.36. The Bertz CT molecular complexity index is 542. The van der Waals surface area contributed by atoms with Crippen LogP contribution in [-0.2, 0) is 0 Å². The maximum absolute atomic E-state index is 6.19. The van der Waals surface area contributed by atoms with E-state index in [0.29, 0.717) is 5.17 Å². The first kappa shape index (κ1) is 12.7. The van der Waals surface area contributed by atoms with Crippen molar-refractivity contribution in [3.8, 4) is 0 Å². The first-order valence-corrected chi connectivity index (χ1v) is 6.16. The van der Waals surface area contributed by atoms with Gasteiger partial charge in [-0.25, -0.2) is 0 Å². The molecule has 2 aromatic rings. The number of anilines is 1. The van der Waals surface area contributed by atoms with Gasteiger partial charge in [0.05, 0.1) is 5.69 Å². The molecule has 0 unspecified atom stereocenters. The van der Waals surface area contributed by atoms with Crippen LogP contribution in [0.3, 0.4) is 0 Å². The molecule has 92 valence electrons. The molecule has 2 aromatic carbocycles. The summed E-state index contributed by atoms with van der Waals surface area (Å²) in [5.41, 5.74) is 7.14. The highest BCUT2D eigenvalue weighted by molar-refractivity contribution is 6.69. The normalized spacial score (nSPS) is 11.4. The van der Waals surface area contributed by atoms with Gasteiger partial charge in [0.1, 0.15) is 0 Å². The summed E-state index contributed by atoms with van der Waals surface area (Å²) in [5.74, 6) is 0. The lowest BCUT2D eigenvalue weighted by molar-refractivity contribution is 1.33. The molecule has 1 N–H and O–H groups in total. The zero-order valence-corrected chi connectivity index (χ0v) is 11.2. The number of nitrogens with one attached hydrogen (secondary N) is 1. The Morgan fingerprint density at radius 2 is 1.61 bits per heavy atom. The molecule has 0 aliphatic heterocycles. The van der Waals surface area contributed by atoms with E-state index in [2.05, 4.69) is 16.6 Å². The van der Waals surface area contributed by atoms with Crippen molar-refractivity contribution in [2.24, 2.45) is 5.10 Å². The Labute approximate surface area is 112 Å². The number of benzene rings is 2. The van der Waals surface area contributed by atoms with Crippen LogP contribution in [-0.4, -0.2) is 5.17 Å². The molecule has 0 aromatic heterocycles. The molecule has 0 atom stereocenters. The van der Waals surface area contributed by atoms with E-state index < -0.39 is 0 Å². The number of hydrazone groups is 1. The molecule has 0 saturated heterocycles. The summed E-state index contributed by atoms with van der Waals surface area (Å²) in [4.78, 5) is 0. The lowest BCUT2D eigenvalue weighted by Crippen LogP contribution is -1.98. The van der Waals surface area contributed by atoms with E-state index in [1.165, 1.54) is 11.1 Å². The summed E-state index contributed by atoms with van der Waals surface area (Å²) in [5, 5.41) is 4.64. The van der Waals surface area contributed by atoms with Crippen molar-refractivity contribution in [3.63, 3.8) is 0 Å². The highest BCUT2D eigenvalue weighted by Crippen LogP contribution is 2.13. The summed E-state index contributed by atoms with van der Waals surface area (Å²) >= 11 is 6.19. The third kappa shape index (κ3) is 3.34. The molecule has 0 heterocycles. The van der Waals surface area contributed by atoms with Gasteiger partial charge < -0.3 is 0 Å². The van der Waals surface area contributed by atoms with Gasteiger partial charge in [0.2, 0.25) is 0 Å². The largest absolute Gasteiger partial charge is 0.277 e. The van der Waals surface area contributed by atoms with Crippen molar-refractivity contribution < 1.29 is 0 Å². The van der Waals surface area contributed by atoms with Crippen molar-refractivity contribution in [1.29, 1.82) is 0 Å². The first-order chi connectivity index (χ1) is 8.65. The molecule has 3 heteroatoms. The predicted octanol–water partition coefficient (Wildman–Crippen LogP) is 4.32. The van der Waals surface area contributed by atoms with E-state index in [-0.39, 0.29) is 0 Å². The minimum absolute atomic E-state index is 0.464. The van der Waals surface area contributed by atoms with Gasteiger partial charge in [0.15, 0.2) is 5.17 Å². The number of para-hydroxylation sites is 1. The van der Waals surface area contributed by atoms with E-state index >= 15 is 0 Å². The molecule has 0 aliphatic rings. The summed E-state index contributed by atoms with van der Waals surface area (Å²) in [6.45, 7) is 4.09. The molecule has 18 heavy (non-hydrogen) atoms. The van der Waals surface area contributed by atoms with Gasteiger partial charge in [0, 0.05) is 5.56 Å². The summed E-state index contributed by atoms with van der Waals surface area (Å²) in [6, 6.07) is 15.9. The van der Waals surface area contributed by atoms with Crippen molar-refractivity contribution in [3.05, 3.63) is 65.2 Å². The Hall–Kier alpha value is -1.80. The molecule has 0 saturated carbocycles. The molecule has 0 amide bonds. The van der Waals surface area contributed by atoms with Crippen LogP contribution in [0.5, 0.6) is 0 Å². The van der Waals surface area contributed by atoms with Gasteiger partial charge in [-0.2, -0.15) is 5.10 Å². The van der Waals surface area contributed by atoms with Gasteiger partial charge in [-0.1, -0.05) is 47.0 Å². The summed E-state index contributed by atoms with van der Waals surface area (Å²) < 4.78 is 0. The minimum Gasteiger partial charge on any atom is -0.277 e. The molecule has 2 nitrogen and oxygen atoms in total. The first-order valence-electron chi connectivity index (χ1n) is 5.78. The van der Waals surface area contributed by atoms with Gasteiger partial charge >= 0.3 is 0 Å². The predicted molar refractivity (Wildman–Crippen MR) is 78.4 cm³/mol. The van der Waals surface area contributed by atoms with Crippen LogP contribution >= 0.6 is 11.6 Å². The molecule has 0 spiro atoms. The summed E-state index contributed by atoms with van der Waals surface area (Å²) in [6.07, 6.45) is 0. The monoisotopic (exact) mass is 258 g/mol. The second kappa shape index (κ2) is 5.69. The minimum atomic E-state index is 0.464.